The summed E-state index contributed by atoms with van der Waals surface area (Å²) in [5.41, 5.74) is -4.01. The van der Waals surface area contributed by atoms with Crippen LogP contribution < -0.4 is 10.6 Å². The van der Waals surface area contributed by atoms with Crippen LogP contribution >= 0.6 is 0 Å². The highest BCUT2D eigenvalue weighted by molar-refractivity contribution is 5.99. The third kappa shape index (κ3) is 9.63. The van der Waals surface area contributed by atoms with Crippen LogP contribution in [0.25, 0.3) is 0 Å². The van der Waals surface area contributed by atoms with E-state index in [9.17, 15) is 44.7 Å². The molecule has 2 atom stereocenters. The zero-order valence-corrected chi connectivity index (χ0v) is 24.6. The number of nitrogens with one attached hydrogen (secondary N) is 2. The van der Waals surface area contributed by atoms with Gasteiger partial charge in [0.05, 0.1) is 23.7 Å². The minimum atomic E-state index is -4.62. The first kappa shape index (κ1) is 35.7. The van der Waals surface area contributed by atoms with Crippen LogP contribution in [0.4, 0.5) is 46.5 Å². The molecule has 46 heavy (non-hydrogen) atoms. The van der Waals surface area contributed by atoms with E-state index in [0.29, 0.717) is 11.4 Å². The van der Waals surface area contributed by atoms with E-state index >= 15 is 0 Å². The lowest BCUT2D eigenvalue weighted by molar-refractivity contribution is -0.155. The van der Waals surface area contributed by atoms with Crippen molar-refractivity contribution in [2.24, 2.45) is 0 Å². The van der Waals surface area contributed by atoms with Crippen LogP contribution in [0.15, 0.2) is 109 Å². The van der Waals surface area contributed by atoms with E-state index in [4.69, 9.17) is 0 Å². The number of carbonyl (C=O) groups is 2. The molecule has 0 spiro atoms. The van der Waals surface area contributed by atoms with Crippen LogP contribution in [0.1, 0.15) is 37.8 Å². The van der Waals surface area contributed by atoms with Gasteiger partial charge in [0.2, 0.25) is 11.8 Å². The second-order valence-electron chi connectivity index (χ2n) is 10.8. The number of para-hydroxylation sites is 2. The minimum Gasteiger partial charge on any atom is -0.325 e. The van der Waals surface area contributed by atoms with E-state index < -0.39 is 59.5 Å². The summed E-state index contributed by atoms with van der Waals surface area (Å²) in [6.45, 7) is 2.19. The number of anilines is 2. The predicted octanol–water partition coefficient (Wildman–Crippen LogP) is 9.35. The maximum atomic E-state index is 14.0. The fourth-order valence-corrected chi connectivity index (χ4v) is 4.80. The fraction of sp³-hybridized carbons (Fsp3) is 0.235. The van der Waals surface area contributed by atoms with E-state index in [1.807, 2.05) is 0 Å². The molecule has 0 aliphatic carbocycles. The summed E-state index contributed by atoms with van der Waals surface area (Å²) in [6, 6.07) is 26.2. The summed E-state index contributed by atoms with van der Waals surface area (Å²) >= 11 is 0. The van der Waals surface area contributed by atoms with Gasteiger partial charge < -0.3 is 10.6 Å². The molecule has 12 heteroatoms. The average molecular weight is 651 g/mol. The van der Waals surface area contributed by atoms with Crippen molar-refractivity contribution in [2.75, 3.05) is 10.6 Å². The first-order chi connectivity index (χ1) is 21.4. The van der Waals surface area contributed by atoms with Crippen molar-refractivity contribution in [2.45, 2.75) is 49.9 Å². The van der Waals surface area contributed by atoms with Gasteiger partial charge in [-0.1, -0.05) is 72.8 Å². The molecule has 4 aromatic carbocycles. The molecule has 0 fully saturated rings. The van der Waals surface area contributed by atoms with Gasteiger partial charge in [-0.25, -0.2) is 8.78 Å². The Labute approximate surface area is 260 Å². The van der Waals surface area contributed by atoms with Crippen molar-refractivity contribution < 1.29 is 44.7 Å². The van der Waals surface area contributed by atoms with Gasteiger partial charge in [0, 0.05) is 22.5 Å². The molecule has 0 aliphatic rings. The third-order valence-electron chi connectivity index (χ3n) is 7.11. The van der Waals surface area contributed by atoms with Gasteiger partial charge in [-0.2, -0.15) is 26.3 Å². The van der Waals surface area contributed by atoms with Gasteiger partial charge in [-0.05, 0) is 50.2 Å². The first-order valence-electron chi connectivity index (χ1n) is 13.8. The molecule has 0 radical (unpaired) electrons. The Hall–Kier alpha value is -4.74. The number of alkyl halides is 6. The highest BCUT2D eigenvalue weighted by Crippen LogP contribution is 2.40. The molecule has 0 saturated heterocycles. The lowest BCUT2D eigenvalue weighted by Gasteiger charge is -2.30. The number of carbonyl (C=O) groups excluding carboxylic acids is 2. The molecular weight excluding hydrogens is 620 g/mol. The second kappa shape index (κ2) is 14.6. The topological polar surface area (TPSA) is 58.2 Å². The third-order valence-corrected chi connectivity index (χ3v) is 7.11. The molecule has 4 nitrogen and oxygen atoms in total. The van der Waals surface area contributed by atoms with E-state index in [0.717, 1.165) is 26.0 Å². The molecular formula is C34H30F8N2O2. The Morgan fingerprint density at radius 2 is 0.783 bits per heavy atom. The van der Waals surface area contributed by atoms with Crippen LogP contribution in [0.3, 0.4) is 0 Å². The smallest absolute Gasteiger partial charge is 0.325 e. The van der Waals surface area contributed by atoms with Crippen LogP contribution in [0.5, 0.6) is 0 Å². The molecule has 0 bridgehead atoms. The summed E-state index contributed by atoms with van der Waals surface area (Å²) in [5.74, 6) is -3.51. The van der Waals surface area contributed by atoms with Crippen LogP contribution in [-0.2, 0) is 20.4 Å². The van der Waals surface area contributed by atoms with Crippen molar-refractivity contribution in [3.63, 3.8) is 0 Å². The quantitative estimate of drug-likeness (QED) is 0.187. The normalized spacial score (nSPS) is 14.1. The molecule has 2 N–H and O–H groups in total. The Morgan fingerprint density at radius 3 is 1.07 bits per heavy atom. The van der Waals surface area contributed by atoms with Gasteiger partial charge >= 0.3 is 12.4 Å². The van der Waals surface area contributed by atoms with Gasteiger partial charge in [0.25, 0.3) is 0 Å². The molecule has 0 heterocycles. The zero-order chi connectivity index (χ0) is 34.2. The van der Waals surface area contributed by atoms with Gasteiger partial charge in [-0.15, -0.1) is 0 Å². The van der Waals surface area contributed by atoms with Gasteiger partial charge in [0.15, 0.2) is 0 Å². The summed E-state index contributed by atoms with van der Waals surface area (Å²) in [6.07, 6.45) is -12.2. The molecule has 0 saturated carbocycles. The summed E-state index contributed by atoms with van der Waals surface area (Å²) in [5, 5.41) is 4.85. The molecule has 0 aromatic heterocycles. The van der Waals surface area contributed by atoms with Gasteiger partial charge in [-0.3, -0.25) is 9.59 Å². The molecule has 2 amide bonds. The SMILES string of the molecule is C[C@](CC(F)(F)F)(C(=O)Nc1ccccc1)c1ccccc1F.C[C@](CC(F)(F)F)(C(=O)Nc1ccccc1)c1ccccc1F. The van der Waals surface area contributed by atoms with E-state index in [-0.39, 0.29) is 11.1 Å². The predicted molar refractivity (Wildman–Crippen MR) is 159 cm³/mol. The lowest BCUT2D eigenvalue weighted by atomic mass is 9.78. The Kier molecular flexibility index (Phi) is 11.3. The number of hydrogen-bond acceptors (Lipinski definition) is 2. The molecule has 0 unspecified atom stereocenters. The van der Waals surface area contributed by atoms with Gasteiger partial charge in [0.1, 0.15) is 11.6 Å². The maximum Gasteiger partial charge on any atom is 0.390 e. The number of amides is 2. The standard InChI is InChI=1S/2C17H15F4NO/c2*1-16(11-17(19,20)21,13-9-5-6-10-14(13)18)15(23)22-12-7-3-2-4-8-12/h2*2-10H,11H2,1H3,(H,22,23)/t2*16-/m11/s1. The van der Waals surface area contributed by atoms with E-state index in [1.165, 1.54) is 36.4 Å². The highest BCUT2D eigenvalue weighted by atomic mass is 19.4. The molecule has 244 valence electrons. The molecule has 4 aromatic rings. The van der Waals surface area contributed by atoms with Crippen LogP contribution in [0, 0.1) is 11.6 Å². The van der Waals surface area contributed by atoms with Crippen molar-refractivity contribution in [1.82, 2.24) is 0 Å². The Bertz CT molecular complexity index is 1490. The highest BCUT2D eigenvalue weighted by Gasteiger charge is 2.48. The van der Waals surface area contributed by atoms with E-state index in [1.54, 1.807) is 60.7 Å². The first-order valence-corrected chi connectivity index (χ1v) is 13.8. The van der Waals surface area contributed by atoms with Crippen molar-refractivity contribution in [3.8, 4) is 0 Å². The minimum absolute atomic E-state index is 0.286. The lowest BCUT2D eigenvalue weighted by Crippen LogP contribution is -2.42. The second-order valence-corrected chi connectivity index (χ2v) is 10.8. The monoisotopic (exact) mass is 650 g/mol. The number of halogens is 8. The fourth-order valence-electron chi connectivity index (χ4n) is 4.80. The summed E-state index contributed by atoms with van der Waals surface area (Å²) in [4.78, 5) is 25.0. The number of rotatable bonds is 8. The van der Waals surface area contributed by atoms with Crippen LogP contribution in [-0.4, -0.2) is 24.2 Å². The number of hydrogen-bond donors (Lipinski definition) is 2. The van der Waals surface area contributed by atoms with E-state index in [2.05, 4.69) is 10.6 Å². The van der Waals surface area contributed by atoms with Crippen molar-refractivity contribution >= 4 is 23.2 Å². The largest absolute Gasteiger partial charge is 0.390 e. The average Bonchev–Trinajstić information content (AvgIpc) is 2.97. The maximum absolute atomic E-state index is 14.0. The van der Waals surface area contributed by atoms with Crippen LogP contribution in [0.2, 0.25) is 0 Å². The Morgan fingerprint density at radius 1 is 0.500 bits per heavy atom. The van der Waals surface area contributed by atoms with Crippen molar-refractivity contribution in [1.29, 1.82) is 0 Å². The molecule has 0 aliphatic heterocycles. The number of benzene rings is 4. The summed E-state index contributed by atoms with van der Waals surface area (Å²) in [7, 11) is 0. The Balaban J connectivity index is 0.000000250. The van der Waals surface area contributed by atoms with Crippen molar-refractivity contribution in [3.05, 3.63) is 132 Å². The molecule has 4 rings (SSSR count). The zero-order valence-electron chi connectivity index (χ0n) is 24.6. The summed E-state index contributed by atoms with van der Waals surface area (Å²) < 4.78 is 106.